The van der Waals surface area contributed by atoms with Gasteiger partial charge >= 0.3 is 6.18 Å². The first-order valence-corrected chi connectivity index (χ1v) is 6.42. The summed E-state index contributed by atoms with van der Waals surface area (Å²) in [7, 11) is 0. The Kier molecular flexibility index (Phi) is 9.40. The van der Waals surface area contributed by atoms with Crippen molar-refractivity contribution in [1.82, 2.24) is 10.6 Å². The molecule has 2 N–H and O–H groups in total. The van der Waals surface area contributed by atoms with Gasteiger partial charge in [0.05, 0.1) is 13.0 Å². The SMILES string of the molecule is CC(C)NCCOCCC(C)NCCC(F)(F)F. The first-order valence-electron chi connectivity index (χ1n) is 6.42. The Labute approximate surface area is 107 Å². The molecule has 0 bridgehead atoms. The van der Waals surface area contributed by atoms with Gasteiger partial charge in [0.25, 0.3) is 0 Å². The van der Waals surface area contributed by atoms with E-state index < -0.39 is 12.6 Å². The average molecular weight is 270 g/mol. The summed E-state index contributed by atoms with van der Waals surface area (Å²) in [6.45, 7) is 7.96. The lowest BCUT2D eigenvalue weighted by molar-refractivity contribution is -0.133. The van der Waals surface area contributed by atoms with E-state index in [9.17, 15) is 13.2 Å². The molecule has 0 aromatic rings. The van der Waals surface area contributed by atoms with E-state index in [4.69, 9.17) is 4.74 Å². The van der Waals surface area contributed by atoms with E-state index in [2.05, 4.69) is 24.5 Å². The van der Waals surface area contributed by atoms with Crippen LogP contribution in [0.1, 0.15) is 33.6 Å². The number of ether oxygens (including phenoxy) is 1. The fourth-order valence-electron chi connectivity index (χ4n) is 1.34. The largest absolute Gasteiger partial charge is 0.390 e. The third kappa shape index (κ3) is 13.7. The highest BCUT2D eigenvalue weighted by molar-refractivity contribution is 4.62. The summed E-state index contributed by atoms with van der Waals surface area (Å²) in [6.07, 6.45) is -4.14. The zero-order valence-electron chi connectivity index (χ0n) is 11.4. The Morgan fingerprint density at radius 1 is 1.00 bits per heavy atom. The summed E-state index contributed by atoms with van der Waals surface area (Å²) in [5.41, 5.74) is 0. The van der Waals surface area contributed by atoms with Gasteiger partial charge in [-0.2, -0.15) is 13.2 Å². The van der Waals surface area contributed by atoms with Gasteiger partial charge in [0, 0.05) is 31.8 Å². The predicted molar refractivity (Wildman–Crippen MR) is 66.7 cm³/mol. The molecule has 0 fully saturated rings. The van der Waals surface area contributed by atoms with Gasteiger partial charge in [0.15, 0.2) is 0 Å². The molecule has 0 spiro atoms. The quantitative estimate of drug-likeness (QED) is 0.598. The number of hydrogen-bond acceptors (Lipinski definition) is 3. The van der Waals surface area contributed by atoms with Crippen LogP contribution in [-0.4, -0.2) is 44.6 Å². The van der Waals surface area contributed by atoms with Crippen LogP contribution in [0.5, 0.6) is 0 Å². The van der Waals surface area contributed by atoms with Crippen molar-refractivity contribution in [1.29, 1.82) is 0 Å². The van der Waals surface area contributed by atoms with Crippen LogP contribution in [-0.2, 0) is 4.74 Å². The van der Waals surface area contributed by atoms with Crippen molar-refractivity contribution in [2.75, 3.05) is 26.3 Å². The summed E-state index contributed by atoms with van der Waals surface area (Å²) < 4.78 is 41.1. The van der Waals surface area contributed by atoms with Crippen LogP contribution in [0, 0.1) is 0 Å². The minimum atomic E-state index is -4.08. The smallest absolute Gasteiger partial charge is 0.380 e. The number of alkyl halides is 3. The molecule has 6 heteroatoms. The molecular weight excluding hydrogens is 245 g/mol. The second-order valence-electron chi connectivity index (χ2n) is 4.73. The molecule has 1 atom stereocenters. The van der Waals surface area contributed by atoms with Crippen molar-refractivity contribution in [3.63, 3.8) is 0 Å². The summed E-state index contributed by atoms with van der Waals surface area (Å²) >= 11 is 0. The van der Waals surface area contributed by atoms with Crippen molar-refractivity contribution in [3.8, 4) is 0 Å². The summed E-state index contributed by atoms with van der Waals surface area (Å²) in [6, 6.07) is 0.488. The molecule has 0 rings (SSSR count). The topological polar surface area (TPSA) is 33.3 Å². The molecule has 0 aromatic heterocycles. The van der Waals surface area contributed by atoms with Gasteiger partial charge in [-0.1, -0.05) is 13.8 Å². The molecule has 0 amide bonds. The molecule has 0 aliphatic heterocycles. The highest BCUT2D eigenvalue weighted by atomic mass is 19.4. The van der Waals surface area contributed by atoms with Gasteiger partial charge < -0.3 is 15.4 Å². The first-order chi connectivity index (χ1) is 8.31. The van der Waals surface area contributed by atoms with Crippen LogP contribution in [0.25, 0.3) is 0 Å². The standard InChI is InChI=1S/C12H25F3N2O/c1-10(2)16-7-9-18-8-4-11(3)17-6-5-12(13,14)15/h10-11,16-17H,4-9H2,1-3H3. The zero-order chi connectivity index (χ0) is 14.0. The lowest BCUT2D eigenvalue weighted by atomic mass is 10.2. The number of rotatable bonds is 10. The molecule has 1 unspecified atom stereocenters. The van der Waals surface area contributed by atoms with E-state index in [1.165, 1.54) is 0 Å². The second-order valence-corrected chi connectivity index (χ2v) is 4.73. The van der Waals surface area contributed by atoms with Crippen molar-refractivity contribution in [2.45, 2.75) is 51.9 Å². The molecule has 0 aromatic carbocycles. The third-order valence-corrected chi connectivity index (χ3v) is 2.40. The number of halogens is 3. The molecule has 0 heterocycles. The van der Waals surface area contributed by atoms with Crippen LogP contribution < -0.4 is 10.6 Å². The second kappa shape index (κ2) is 9.58. The lowest BCUT2D eigenvalue weighted by Gasteiger charge is -2.15. The van der Waals surface area contributed by atoms with Crippen molar-refractivity contribution >= 4 is 0 Å². The van der Waals surface area contributed by atoms with Crippen LogP contribution in [0.4, 0.5) is 13.2 Å². The molecule has 0 saturated heterocycles. The maximum atomic E-state index is 11.9. The van der Waals surface area contributed by atoms with E-state index in [0.29, 0.717) is 19.3 Å². The minimum absolute atomic E-state index is 0.0282. The van der Waals surface area contributed by atoms with E-state index >= 15 is 0 Å². The van der Waals surface area contributed by atoms with Gasteiger partial charge in [-0.25, -0.2) is 0 Å². The van der Waals surface area contributed by atoms with Crippen LogP contribution in [0.3, 0.4) is 0 Å². The van der Waals surface area contributed by atoms with E-state index in [1.54, 1.807) is 0 Å². The van der Waals surface area contributed by atoms with Gasteiger partial charge in [-0.3, -0.25) is 0 Å². The van der Waals surface area contributed by atoms with Gasteiger partial charge in [0.2, 0.25) is 0 Å². The van der Waals surface area contributed by atoms with Gasteiger partial charge in [-0.15, -0.1) is 0 Å². The van der Waals surface area contributed by atoms with Crippen molar-refractivity contribution in [2.24, 2.45) is 0 Å². The van der Waals surface area contributed by atoms with Crippen molar-refractivity contribution in [3.05, 3.63) is 0 Å². The Bertz CT molecular complexity index is 198. The number of hydrogen-bond donors (Lipinski definition) is 2. The Hall–Kier alpha value is -0.330. The molecule has 110 valence electrons. The summed E-state index contributed by atoms with van der Waals surface area (Å²) in [5.74, 6) is 0. The van der Waals surface area contributed by atoms with E-state index in [0.717, 1.165) is 13.0 Å². The number of nitrogens with one attached hydrogen (secondary N) is 2. The Morgan fingerprint density at radius 3 is 2.22 bits per heavy atom. The maximum absolute atomic E-state index is 11.9. The van der Waals surface area contributed by atoms with Gasteiger partial charge in [0.1, 0.15) is 0 Å². The monoisotopic (exact) mass is 270 g/mol. The van der Waals surface area contributed by atoms with Gasteiger partial charge in [-0.05, 0) is 13.3 Å². The fraction of sp³-hybridized carbons (Fsp3) is 1.00. The molecule has 0 saturated carbocycles. The molecule has 3 nitrogen and oxygen atoms in total. The summed E-state index contributed by atoms with van der Waals surface area (Å²) in [5, 5.41) is 6.05. The molecule has 0 radical (unpaired) electrons. The Balaban J connectivity index is 3.29. The van der Waals surface area contributed by atoms with Crippen LogP contribution >= 0.6 is 0 Å². The highest BCUT2D eigenvalue weighted by Gasteiger charge is 2.26. The fourth-order valence-corrected chi connectivity index (χ4v) is 1.34. The normalized spacial score (nSPS) is 14.2. The molecule has 0 aliphatic carbocycles. The maximum Gasteiger partial charge on any atom is 0.390 e. The highest BCUT2D eigenvalue weighted by Crippen LogP contribution is 2.18. The van der Waals surface area contributed by atoms with Crippen LogP contribution in [0.15, 0.2) is 0 Å². The Morgan fingerprint density at radius 2 is 1.67 bits per heavy atom. The molecular formula is C12H25F3N2O. The van der Waals surface area contributed by atoms with Crippen LogP contribution in [0.2, 0.25) is 0 Å². The predicted octanol–water partition coefficient (Wildman–Crippen LogP) is 2.32. The molecule has 0 aliphatic rings. The van der Waals surface area contributed by atoms with Crippen molar-refractivity contribution < 1.29 is 17.9 Å². The third-order valence-electron chi connectivity index (χ3n) is 2.40. The average Bonchev–Trinajstić information content (AvgIpc) is 2.20. The lowest BCUT2D eigenvalue weighted by Crippen LogP contribution is -2.31. The minimum Gasteiger partial charge on any atom is -0.380 e. The van der Waals surface area contributed by atoms with E-state index in [-0.39, 0.29) is 12.6 Å². The summed E-state index contributed by atoms with van der Waals surface area (Å²) in [4.78, 5) is 0. The van der Waals surface area contributed by atoms with E-state index in [1.807, 2.05) is 6.92 Å². The zero-order valence-corrected chi connectivity index (χ0v) is 11.4. The first kappa shape index (κ1) is 17.7. The molecule has 18 heavy (non-hydrogen) atoms.